The van der Waals surface area contributed by atoms with E-state index in [2.05, 4.69) is 5.32 Å². The minimum Gasteiger partial charge on any atom is -0.480 e. The fourth-order valence-electron chi connectivity index (χ4n) is 1.19. The Labute approximate surface area is 104 Å². The van der Waals surface area contributed by atoms with Crippen LogP contribution in [-0.4, -0.2) is 29.3 Å². The van der Waals surface area contributed by atoms with E-state index in [0.717, 1.165) is 5.75 Å². The van der Waals surface area contributed by atoms with Crippen LogP contribution in [0.2, 0.25) is 0 Å². The van der Waals surface area contributed by atoms with Gasteiger partial charge in [-0.05, 0) is 5.56 Å². The van der Waals surface area contributed by atoms with E-state index < -0.39 is 5.97 Å². The third-order valence-corrected chi connectivity index (χ3v) is 3.05. The zero-order valence-electron chi connectivity index (χ0n) is 9.39. The first kappa shape index (κ1) is 13.6. The molecule has 0 atom stereocenters. The first-order valence-corrected chi connectivity index (χ1v) is 6.44. The maximum Gasteiger partial charge on any atom is 0.322 e. The molecule has 0 unspecified atom stereocenters. The van der Waals surface area contributed by atoms with Crippen LogP contribution in [0.4, 0.5) is 0 Å². The van der Waals surface area contributed by atoms with Crippen molar-refractivity contribution in [3.63, 3.8) is 0 Å². The number of carbonyl (C=O) groups is 2. The zero-order chi connectivity index (χ0) is 12.5. The lowest BCUT2D eigenvalue weighted by Crippen LogP contribution is -2.29. The van der Waals surface area contributed by atoms with Gasteiger partial charge >= 0.3 is 5.97 Å². The van der Waals surface area contributed by atoms with Crippen molar-refractivity contribution < 1.29 is 14.7 Å². The number of aliphatic carboxylic acids is 1. The van der Waals surface area contributed by atoms with Crippen LogP contribution in [0.15, 0.2) is 30.3 Å². The highest BCUT2D eigenvalue weighted by molar-refractivity contribution is 7.98. The molecule has 0 aliphatic rings. The maximum atomic E-state index is 11.2. The second kappa shape index (κ2) is 7.73. The summed E-state index contributed by atoms with van der Waals surface area (Å²) in [7, 11) is 0. The van der Waals surface area contributed by atoms with Crippen LogP contribution in [0.5, 0.6) is 0 Å². The maximum absolute atomic E-state index is 11.2. The van der Waals surface area contributed by atoms with Crippen molar-refractivity contribution in [3.8, 4) is 0 Å². The van der Waals surface area contributed by atoms with Gasteiger partial charge in [0.15, 0.2) is 0 Å². The number of thioether (sulfide) groups is 1. The third-order valence-electron chi connectivity index (χ3n) is 2.02. The number of hydrogen-bond donors (Lipinski definition) is 2. The van der Waals surface area contributed by atoms with E-state index in [0.29, 0.717) is 12.2 Å². The molecular weight excluding hydrogens is 238 g/mol. The van der Waals surface area contributed by atoms with E-state index in [9.17, 15) is 9.59 Å². The second-order valence-corrected chi connectivity index (χ2v) is 4.56. The lowest BCUT2D eigenvalue weighted by atomic mass is 10.2. The SMILES string of the molecule is O=C(O)CNC(=O)CCSCc1ccccc1. The summed E-state index contributed by atoms with van der Waals surface area (Å²) in [5.41, 5.74) is 1.23. The van der Waals surface area contributed by atoms with Gasteiger partial charge in [-0.25, -0.2) is 0 Å². The van der Waals surface area contributed by atoms with E-state index in [1.807, 2.05) is 30.3 Å². The summed E-state index contributed by atoms with van der Waals surface area (Å²) < 4.78 is 0. The summed E-state index contributed by atoms with van der Waals surface area (Å²) in [5, 5.41) is 10.7. The summed E-state index contributed by atoms with van der Waals surface area (Å²) in [5.74, 6) is 0.330. The van der Waals surface area contributed by atoms with Crippen molar-refractivity contribution in [2.75, 3.05) is 12.3 Å². The zero-order valence-corrected chi connectivity index (χ0v) is 10.2. The summed E-state index contributed by atoms with van der Waals surface area (Å²) in [4.78, 5) is 21.4. The minimum absolute atomic E-state index is 0.215. The van der Waals surface area contributed by atoms with Crippen molar-refractivity contribution in [2.24, 2.45) is 0 Å². The monoisotopic (exact) mass is 253 g/mol. The lowest BCUT2D eigenvalue weighted by Gasteiger charge is -2.03. The van der Waals surface area contributed by atoms with Gasteiger partial charge in [-0.1, -0.05) is 30.3 Å². The molecule has 1 aromatic rings. The number of carbonyl (C=O) groups excluding carboxylic acids is 1. The number of benzene rings is 1. The van der Waals surface area contributed by atoms with Gasteiger partial charge in [0.05, 0.1) is 0 Å². The molecule has 17 heavy (non-hydrogen) atoms. The van der Waals surface area contributed by atoms with Gasteiger partial charge in [0.1, 0.15) is 6.54 Å². The fraction of sp³-hybridized carbons (Fsp3) is 0.333. The Hall–Kier alpha value is -1.49. The van der Waals surface area contributed by atoms with Crippen molar-refractivity contribution >= 4 is 23.6 Å². The van der Waals surface area contributed by atoms with Crippen LogP contribution >= 0.6 is 11.8 Å². The van der Waals surface area contributed by atoms with Gasteiger partial charge < -0.3 is 10.4 Å². The van der Waals surface area contributed by atoms with Crippen molar-refractivity contribution in [3.05, 3.63) is 35.9 Å². The van der Waals surface area contributed by atoms with Gasteiger partial charge in [0.2, 0.25) is 5.91 Å². The molecule has 0 heterocycles. The number of nitrogens with one attached hydrogen (secondary N) is 1. The molecule has 0 aliphatic heterocycles. The van der Waals surface area contributed by atoms with E-state index in [4.69, 9.17) is 5.11 Å². The second-order valence-electron chi connectivity index (χ2n) is 3.46. The van der Waals surface area contributed by atoms with Crippen LogP contribution in [-0.2, 0) is 15.3 Å². The molecule has 1 aromatic carbocycles. The quantitative estimate of drug-likeness (QED) is 0.723. The topological polar surface area (TPSA) is 66.4 Å². The highest BCUT2D eigenvalue weighted by atomic mass is 32.2. The molecule has 0 saturated heterocycles. The number of carboxylic acid groups (broad SMARTS) is 1. The van der Waals surface area contributed by atoms with E-state index in [1.165, 1.54) is 5.56 Å². The van der Waals surface area contributed by atoms with Crippen LogP contribution < -0.4 is 5.32 Å². The summed E-state index contributed by atoms with van der Waals surface area (Å²) in [6.45, 7) is -0.303. The van der Waals surface area contributed by atoms with Gasteiger partial charge in [-0.2, -0.15) is 11.8 Å². The summed E-state index contributed by atoms with van der Waals surface area (Å²) >= 11 is 1.66. The number of hydrogen-bond acceptors (Lipinski definition) is 3. The molecule has 2 N–H and O–H groups in total. The molecular formula is C12H15NO3S. The Morgan fingerprint density at radius 1 is 1.24 bits per heavy atom. The highest BCUT2D eigenvalue weighted by Crippen LogP contribution is 2.12. The third kappa shape index (κ3) is 6.63. The van der Waals surface area contributed by atoms with Crippen LogP contribution in [0.3, 0.4) is 0 Å². The molecule has 4 nitrogen and oxygen atoms in total. The molecule has 1 amide bonds. The first-order chi connectivity index (χ1) is 8.18. The molecule has 0 bridgehead atoms. The standard InChI is InChI=1S/C12H15NO3S/c14-11(13-8-12(15)16)6-7-17-9-10-4-2-1-3-5-10/h1-5H,6-9H2,(H,13,14)(H,15,16). The largest absolute Gasteiger partial charge is 0.480 e. The lowest BCUT2D eigenvalue weighted by molar-refractivity contribution is -0.137. The predicted octanol–water partition coefficient (Wildman–Crippen LogP) is 1.51. The van der Waals surface area contributed by atoms with Gasteiger partial charge in [0, 0.05) is 17.9 Å². The van der Waals surface area contributed by atoms with Crippen molar-refractivity contribution in [1.29, 1.82) is 0 Å². The van der Waals surface area contributed by atoms with E-state index in [1.54, 1.807) is 11.8 Å². The number of amides is 1. The average molecular weight is 253 g/mol. The number of rotatable bonds is 7. The molecule has 0 aliphatic carbocycles. The molecule has 0 spiro atoms. The predicted molar refractivity (Wildman–Crippen MR) is 67.9 cm³/mol. The van der Waals surface area contributed by atoms with Crippen molar-refractivity contribution in [2.45, 2.75) is 12.2 Å². The Kier molecular flexibility index (Phi) is 6.17. The normalized spacial score (nSPS) is 9.88. The van der Waals surface area contributed by atoms with Gasteiger partial charge in [-0.15, -0.1) is 0 Å². The highest BCUT2D eigenvalue weighted by Gasteiger charge is 2.03. The molecule has 0 fully saturated rings. The molecule has 0 aromatic heterocycles. The molecule has 0 radical (unpaired) electrons. The minimum atomic E-state index is -1.02. The first-order valence-electron chi connectivity index (χ1n) is 5.28. The molecule has 1 rings (SSSR count). The molecule has 0 saturated carbocycles. The van der Waals surface area contributed by atoms with Crippen molar-refractivity contribution in [1.82, 2.24) is 5.32 Å². The number of carboxylic acids is 1. The summed E-state index contributed by atoms with van der Waals surface area (Å²) in [6.07, 6.45) is 0.352. The van der Waals surface area contributed by atoms with Gasteiger partial charge in [0.25, 0.3) is 0 Å². The van der Waals surface area contributed by atoms with Crippen LogP contribution in [0.25, 0.3) is 0 Å². The smallest absolute Gasteiger partial charge is 0.322 e. The summed E-state index contributed by atoms with van der Waals surface area (Å²) in [6, 6.07) is 10.0. The molecule has 92 valence electrons. The molecule has 5 heteroatoms. The van der Waals surface area contributed by atoms with Crippen LogP contribution in [0.1, 0.15) is 12.0 Å². The Morgan fingerprint density at radius 2 is 1.94 bits per heavy atom. The fourth-order valence-corrected chi connectivity index (χ4v) is 2.09. The Morgan fingerprint density at radius 3 is 2.59 bits per heavy atom. The Balaban J connectivity index is 2.08. The van der Waals surface area contributed by atoms with Crippen LogP contribution in [0, 0.1) is 0 Å². The van der Waals surface area contributed by atoms with E-state index in [-0.39, 0.29) is 12.5 Å². The average Bonchev–Trinajstić information content (AvgIpc) is 2.33. The Bertz CT molecular complexity index is 367. The van der Waals surface area contributed by atoms with Gasteiger partial charge in [-0.3, -0.25) is 9.59 Å². The van der Waals surface area contributed by atoms with E-state index >= 15 is 0 Å².